The van der Waals surface area contributed by atoms with E-state index in [1.54, 1.807) is 37.4 Å². The van der Waals surface area contributed by atoms with Gasteiger partial charge in [-0.15, -0.1) is 0 Å². The molecule has 2 aromatic rings. The number of aliphatic hydroxyl groups excluding tert-OH is 1. The molecule has 0 aliphatic heterocycles. The van der Waals surface area contributed by atoms with Gasteiger partial charge in [-0.1, -0.05) is 23.7 Å². The number of methoxy groups -OCH3 is 1. The van der Waals surface area contributed by atoms with Crippen LogP contribution in [0, 0.1) is 5.82 Å². The van der Waals surface area contributed by atoms with Crippen LogP contribution in [-0.2, 0) is 6.42 Å². The molecule has 0 amide bonds. The lowest BCUT2D eigenvalue weighted by molar-refractivity contribution is 0.177. The second-order valence-corrected chi connectivity index (χ2v) is 4.67. The van der Waals surface area contributed by atoms with E-state index in [0.29, 0.717) is 22.8 Å². The summed E-state index contributed by atoms with van der Waals surface area (Å²) in [5, 5.41) is 10.7. The van der Waals surface area contributed by atoms with Crippen LogP contribution in [0.2, 0.25) is 5.02 Å². The minimum atomic E-state index is -0.803. The quantitative estimate of drug-likeness (QED) is 0.924. The summed E-state index contributed by atoms with van der Waals surface area (Å²) >= 11 is 5.93. The average molecular weight is 281 g/mol. The Hall–Kier alpha value is -1.58. The molecule has 1 atom stereocenters. The minimum absolute atomic E-state index is 0.313. The van der Waals surface area contributed by atoms with Gasteiger partial charge < -0.3 is 9.84 Å². The zero-order valence-corrected chi connectivity index (χ0v) is 11.2. The van der Waals surface area contributed by atoms with Gasteiger partial charge in [0.25, 0.3) is 0 Å². The third-order valence-electron chi connectivity index (χ3n) is 2.89. The fraction of sp³-hybridized carbons (Fsp3) is 0.200. The maximum atomic E-state index is 13.1. The van der Waals surface area contributed by atoms with Crippen LogP contribution in [0.3, 0.4) is 0 Å². The summed E-state index contributed by atoms with van der Waals surface area (Å²) in [6, 6.07) is 11.1. The van der Waals surface area contributed by atoms with Gasteiger partial charge in [-0.25, -0.2) is 4.39 Å². The number of ether oxygens (including phenoxy) is 1. The van der Waals surface area contributed by atoms with Crippen LogP contribution in [0.4, 0.5) is 4.39 Å². The van der Waals surface area contributed by atoms with E-state index in [1.165, 1.54) is 12.1 Å². The maximum absolute atomic E-state index is 13.1. The van der Waals surface area contributed by atoms with Gasteiger partial charge in [-0.3, -0.25) is 0 Å². The Labute approximate surface area is 116 Å². The van der Waals surface area contributed by atoms with Crippen molar-refractivity contribution < 1.29 is 14.2 Å². The fourth-order valence-corrected chi connectivity index (χ4v) is 2.14. The summed E-state index contributed by atoms with van der Waals surface area (Å²) in [7, 11) is 1.56. The predicted octanol–water partition coefficient (Wildman–Crippen LogP) is 3.76. The zero-order chi connectivity index (χ0) is 13.8. The number of rotatable bonds is 4. The molecule has 0 heterocycles. The van der Waals surface area contributed by atoms with Crippen LogP contribution in [-0.4, -0.2) is 12.2 Å². The number of aliphatic hydroxyl groups is 1. The summed E-state index contributed by atoms with van der Waals surface area (Å²) in [4.78, 5) is 0. The second-order valence-electron chi connectivity index (χ2n) is 4.23. The van der Waals surface area contributed by atoms with E-state index in [2.05, 4.69) is 0 Å². The van der Waals surface area contributed by atoms with Crippen molar-refractivity contribution in [3.8, 4) is 5.75 Å². The normalized spacial score (nSPS) is 12.2. The first kappa shape index (κ1) is 13.8. The van der Waals surface area contributed by atoms with Gasteiger partial charge in [0.05, 0.1) is 13.2 Å². The molecule has 0 saturated carbocycles. The monoisotopic (exact) mass is 280 g/mol. The van der Waals surface area contributed by atoms with Crippen molar-refractivity contribution in [1.82, 2.24) is 0 Å². The van der Waals surface area contributed by atoms with Gasteiger partial charge in [0.15, 0.2) is 0 Å². The highest BCUT2D eigenvalue weighted by molar-refractivity contribution is 6.30. The third-order valence-corrected chi connectivity index (χ3v) is 3.12. The highest BCUT2D eigenvalue weighted by atomic mass is 35.5. The fourth-order valence-electron chi connectivity index (χ4n) is 1.95. The van der Waals surface area contributed by atoms with Crippen molar-refractivity contribution in [3.05, 3.63) is 64.4 Å². The number of halogens is 2. The van der Waals surface area contributed by atoms with Crippen molar-refractivity contribution in [2.75, 3.05) is 7.11 Å². The molecule has 19 heavy (non-hydrogen) atoms. The molecule has 100 valence electrons. The first-order valence-electron chi connectivity index (χ1n) is 5.86. The van der Waals surface area contributed by atoms with E-state index >= 15 is 0 Å². The maximum Gasteiger partial charge on any atom is 0.123 e. The molecule has 0 radical (unpaired) electrons. The minimum Gasteiger partial charge on any atom is -0.496 e. The summed E-state index contributed by atoms with van der Waals surface area (Å²) in [6.45, 7) is 0. The van der Waals surface area contributed by atoms with Crippen LogP contribution in [0.15, 0.2) is 42.5 Å². The molecule has 4 heteroatoms. The van der Waals surface area contributed by atoms with E-state index in [0.717, 1.165) is 5.56 Å². The Morgan fingerprint density at radius 2 is 2.05 bits per heavy atom. The van der Waals surface area contributed by atoms with Crippen LogP contribution in [0.25, 0.3) is 0 Å². The van der Waals surface area contributed by atoms with Gasteiger partial charge in [-0.2, -0.15) is 0 Å². The first-order chi connectivity index (χ1) is 9.10. The Kier molecular flexibility index (Phi) is 4.40. The summed E-state index contributed by atoms with van der Waals surface area (Å²) < 4.78 is 18.3. The number of hydrogen-bond donors (Lipinski definition) is 1. The molecule has 2 rings (SSSR count). The molecule has 0 fully saturated rings. The Morgan fingerprint density at radius 1 is 1.26 bits per heavy atom. The van der Waals surface area contributed by atoms with E-state index < -0.39 is 6.10 Å². The van der Waals surface area contributed by atoms with Crippen LogP contribution in [0.1, 0.15) is 17.2 Å². The molecule has 2 aromatic carbocycles. The van der Waals surface area contributed by atoms with Crippen molar-refractivity contribution in [1.29, 1.82) is 0 Å². The number of benzene rings is 2. The van der Waals surface area contributed by atoms with E-state index in [4.69, 9.17) is 16.3 Å². The van der Waals surface area contributed by atoms with Crippen molar-refractivity contribution in [3.63, 3.8) is 0 Å². The standard InChI is InChI=1S/C15H14ClFO2/c1-19-15-6-5-12(16)7-11(15)9-14(18)10-3-2-4-13(17)8-10/h2-8,14,18H,9H2,1H3. The highest BCUT2D eigenvalue weighted by Gasteiger charge is 2.13. The molecule has 0 spiro atoms. The van der Waals surface area contributed by atoms with Crippen molar-refractivity contribution in [2.24, 2.45) is 0 Å². The Morgan fingerprint density at radius 3 is 2.74 bits per heavy atom. The molecule has 0 aliphatic carbocycles. The first-order valence-corrected chi connectivity index (χ1v) is 6.24. The van der Waals surface area contributed by atoms with Crippen molar-refractivity contribution in [2.45, 2.75) is 12.5 Å². The molecular formula is C15H14ClFO2. The Bertz CT molecular complexity index is 572. The molecule has 0 aliphatic rings. The molecule has 1 N–H and O–H groups in total. The largest absolute Gasteiger partial charge is 0.496 e. The molecule has 1 unspecified atom stereocenters. The van der Waals surface area contributed by atoms with E-state index in [1.807, 2.05) is 0 Å². The lowest BCUT2D eigenvalue weighted by atomic mass is 10.0. The molecule has 0 aromatic heterocycles. The lowest BCUT2D eigenvalue weighted by Gasteiger charge is -2.14. The highest BCUT2D eigenvalue weighted by Crippen LogP contribution is 2.27. The molecule has 0 saturated heterocycles. The van der Waals surface area contributed by atoms with E-state index in [9.17, 15) is 9.50 Å². The second kappa shape index (κ2) is 6.04. The van der Waals surface area contributed by atoms with Crippen LogP contribution >= 0.6 is 11.6 Å². The SMILES string of the molecule is COc1ccc(Cl)cc1CC(O)c1cccc(F)c1. The smallest absolute Gasteiger partial charge is 0.123 e. The van der Waals surface area contributed by atoms with Gasteiger partial charge in [-0.05, 0) is 41.5 Å². The molecular weight excluding hydrogens is 267 g/mol. The van der Waals surface area contributed by atoms with Gasteiger partial charge in [0.2, 0.25) is 0 Å². The zero-order valence-electron chi connectivity index (χ0n) is 10.4. The lowest BCUT2D eigenvalue weighted by Crippen LogP contribution is -2.03. The van der Waals surface area contributed by atoms with Crippen LogP contribution < -0.4 is 4.74 Å². The average Bonchev–Trinajstić information content (AvgIpc) is 2.39. The summed E-state index contributed by atoms with van der Waals surface area (Å²) in [5.41, 5.74) is 1.31. The van der Waals surface area contributed by atoms with Gasteiger partial charge >= 0.3 is 0 Å². The summed E-state index contributed by atoms with van der Waals surface area (Å²) in [6.07, 6.45) is -0.490. The molecule has 0 bridgehead atoms. The van der Waals surface area contributed by atoms with Crippen LogP contribution in [0.5, 0.6) is 5.75 Å². The number of hydrogen-bond acceptors (Lipinski definition) is 2. The topological polar surface area (TPSA) is 29.5 Å². The predicted molar refractivity (Wildman–Crippen MR) is 73.1 cm³/mol. The van der Waals surface area contributed by atoms with Gasteiger partial charge in [0, 0.05) is 11.4 Å². The third kappa shape index (κ3) is 3.46. The van der Waals surface area contributed by atoms with E-state index in [-0.39, 0.29) is 5.82 Å². The van der Waals surface area contributed by atoms with Crippen molar-refractivity contribution >= 4 is 11.6 Å². The Balaban J connectivity index is 2.23. The molecule has 2 nitrogen and oxygen atoms in total. The summed E-state index contributed by atoms with van der Waals surface area (Å²) in [5.74, 6) is 0.287. The van der Waals surface area contributed by atoms with Gasteiger partial charge in [0.1, 0.15) is 11.6 Å².